The van der Waals surface area contributed by atoms with Gasteiger partial charge in [-0.15, -0.1) is 5.10 Å². The van der Waals surface area contributed by atoms with Crippen molar-refractivity contribution in [2.45, 2.75) is 31.9 Å². The number of ketones is 1. The van der Waals surface area contributed by atoms with Crippen molar-refractivity contribution in [1.82, 2.24) is 29.9 Å². The van der Waals surface area contributed by atoms with Crippen LogP contribution in [0.1, 0.15) is 25.0 Å². The van der Waals surface area contributed by atoms with Gasteiger partial charge in [-0.05, 0) is 43.5 Å². The van der Waals surface area contributed by atoms with E-state index in [0.29, 0.717) is 31.6 Å². The molecule has 0 unspecified atom stereocenters. The second-order valence-electron chi connectivity index (χ2n) is 7.96. The van der Waals surface area contributed by atoms with E-state index in [9.17, 15) is 18.0 Å². The van der Waals surface area contributed by atoms with Crippen LogP contribution >= 0.6 is 0 Å². The molecule has 4 rings (SSSR count). The lowest BCUT2D eigenvalue weighted by atomic mass is 9.90. The highest BCUT2D eigenvalue weighted by molar-refractivity contribution is 5.87. The van der Waals surface area contributed by atoms with Crippen molar-refractivity contribution in [3.63, 3.8) is 0 Å². The first kappa shape index (κ1) is 21.4. The van der Waals surface area contributed by atoms with Crippen LogP contribution in [0.5, 0.6) is 0 Å². The van der Waals surface area contributed by atoms with Crippen molar-refractivity contribution >= 4 is 16.6 Å². The van der Waals surface area contributed by atoms with Gasteiger partial charge in [0.1, 0.15) is 11.5 Å². The van der Waals surface area contributed by atoms with Crippen LogP contribution in [0.15, 0.2) is 30.7 Å². The molecule has 0 saturated carbocycles. The molecule has 164 valence electrons. The number of aryl methyl sites for hydroxylation is 1. The lowest BCUT2D eigenvalue weighted by Crippen LogP contribution is -2.38. The van der Waals surface area contributed by atoms with Crippen LogP contribution < -0.4 is 0 Å². The lowest BCUT2D eigenvalue weighted by Gasteiger charge is -2.31. The number of piperidine rings is 1. The van der Waals surface area contributed by atoms with Gasteiger partial charge < -0.3 is 4.90 Å². The molecule has 10 heteroatoms. The first-order valence-electron chi connectivity index (χ1n) is 10.2. The summed E-state index contributed by atoms with van der Waals surface area (Å²) in [5.74, 6) is -0.0411. The van der Waals surface area contributed by atoms with Gasteiger partial charge in [-0.2, -0.15) is 13.2 Å². The summed E-state index contributed by atoms with van der Waals surface area (Å²) in [5.41, 5.74) is 2.20. The first-order chi connectivity index (χ1) is 14.8. The highest BCUT2D eigenvalue weighted by atomic mass is 19.4. The van der Waals surface area contributed by atoms with Gasteiger partial charge >= 0.3 is 6.18 Å². The third-order valence-corrected chi connectivity index (χ3v) is 5.75. The average molecular weight is 432 g/mol. The molecule has 0 bridgehead atoms. The fourth-order valence-corrected chi connectivity index (χ4v) is 3.93. The molecule has 4 heterocycles. The van der Waals surface area contributed by atoms with E-state index in [1.807, 2.05) is 12.1 Å². The Hall–Kier alpha value is -2.88. The van der Waals surface area contributed by atoms with E-state index in [4.69, 9.17) is 0 Å². The zero-order valence-corrected chi connectivity index (χ0v) is 17.1. The number of halogens is 3. The van der Waals surface area contributed by atoms with Gasteiger partial charge in [-0.1, -0.05) is 5.21 Å². The van der Waals surface area contributed by atoms with Gasteiger partial charge in [0, 0.05) is 49.4 Å². The number of pyridine rings is 2. The van der Waals surface area contributed by atoms with Crippen molar-refractivity contribution in [1.29, 1.82) is 0 Å². The molecule has 0 amide bonds. The van der Waals surface area contributed by atoms with Crippen LogP contribution in [-0.2, 0) is 18.3 Å². The van der Waals surface area contributed by atoms with Crippen LogP contribution in [0.25, 0.3) is 22.2 Å². The van der Waals surface area contributed by atoms with Crippen LogP contribution in [0.2, 0.25) is 0 Å². The highest BCUT2D eigenvalue weighted by Gasteiger charge is 2.30. The molecule has 3 aromatic heterocycles. The van der Waals surface area contributed by atoms with E-state index in [-0.39, 0.29) is 24.7 Å². The molecule has 0 aromatic carbocycles. The van der Waals surface area contributed by atoms with Crippen LogP contribution in [0.3, 0.4) is 0 Å². The third-order valence-electron chi connectivity index (χ3n) is 5.75. The van der Waals surface area contributed by atoms with Crippen molar-refractivity contribution in [3.05, 3.63) is 36.4 Å². The van der Waals surface area contributed by atoms with E-state index in [0.717, 1.165) is 22.2 Å². The summed E-state index contributed by atoms with van der Waals surface area (Å²) in [5, 5.41) is 9.58. The number of alkyl halides is 3. The first-order valence-corrected chi connectivity index (χ1v) is 10.2. The van der Waals surface area contributed by atoms with Gasteiger partial charge in [0.05, 0.1) is 18.3 Å². The smallest absolute Gasteiger partial charge is 0.303 e. The number of carbonyl (C=O) groups excluding carboxylic acids is 1. The Kier molecular flexibility index (Phi) is 5.99. The molecule has 0 N–H and O–H groups in total. The van der Waals surface area contributed by atoms with E-state index in [1.54, 1.807) is 35.2 Å². The maximum absolute atomic E-state index is 12.8. The molecule has 1 aliphatic rings. The Morgan fingerprint density at radius 2 is 1.84 bits per heavy atom. The molecule has 1 fully saturated rings. The minimum Gasteiger partial charge on any atom is -0.303 e. The van der Waals surface area contributed by atoms with Crippen molar-refractivity contribution < 1.29 is 18.0 Å². The molecule has 1 aliphatic heterocycles. The van der Waals surface area contributed by atoms with Crippen molar-refractivity contribution in [2.75, 3.05) is 19.6 Å². The largest absolute Gasteiger partial charge is 0.390 e. The second-order valence-corrected chi connectivity index (χ2v) is 7.96. The van der Waals surface area contributed by atoms with Gasteiger partial charge in [-0.25, -0.2) is 4.68 Å². The molecule has 1 saturated heterocycles. The molecular weight excluding hydrogens is 409 g/mol. The number of hydrogen-bond acceptors (Lipinski definition) is 6. The number of carbonyl (C=O) groups is 1. The summed E-state index contributed by atoms with van der Waals surface area (Å²) >= 11 is 0. The number of rotatable bonds is 6. The molecule has 0 radical (unpaired) electrons. The second kappa shape index (κ2) is 8.70. The number of Topliss-reactive ketones (excluding diaryl/α,β-unsaturated/α-hetero) is 1. The number of nitrogens with zero attached hydrogens (tertiary/aromatic N) is 6. The van der Waals surface area contributed by atoms with Crippen molar-refractivity contribution in [3.8, 4) is 11.4 Å². The Morgan fingerprint density at radius 3 is 2.52 bits per heavy atom. The summed E-state index contributed by atoms with van der Waals surface area (Å²) < 4.78 is 38.8. The number of likely N-dealkylation sites (tertiary alicyclic amines) is 1. The maximum atomic E-state index is 12.8. The number of aromatic nitrogens is 5. The molecular formula is C21H23F3N6O. The predicted molar refractivity (Wildman–Crippen MR) is 108 cm³/mol. The monoisotopic (exact) mass is 432 g/mol. The standard InChI is InChI=1S/C21H23F3N6O/c1-29-19(13-27-28-29)18-9-15-8-17(25-11-16(15)12-26-18)10-20(31)14-2-5-30(6-3-14)7-4-21(22,23)24/h8-9,11-14H,2-7,10H2,1H3. The fourth-order valence-electron chi connectivity index (χ4n) is 3.93. The zero-order valence-electron chi connectivity index (χ0n) is 17.1. The summed E-state index contributed by atoms with van der Waals surface area (Å²) in [4.78, 5) is 23.4. The topological polar surface area (TPSA) is 76.8 Å². The fraction of sp³-hybridized carbons (Fsp3) is 0.476. The summed E-state index contributed by atoms with van der Waals surface area (Å²) in [6, 6.07) is 3.81. The molecule has 7 nitrogen and oxygen atoms in total. The molecule has 0 aliphatic carbocycles. The third kappa shape index (κ3) is 5.25. The maximum Gasteiger partial charge on any atom is 0.390 e. The van der Waals surface area contributed by atoms with E-state index in [2.05, 4.69) is 20.3 Å². The minimum absolute atomic E-state index is 0.000801. The minimum atomic E-state index is -4.14. The Labute approximate surface area is 177 Å². The van der Waals surface area contributed by atoms with E-state index in [1.165, 1.54) is 0 Å². The van der Waals surface area contributed by atoms with E-state index >= 15 is 0 Å². The Morgan fingerprint density at radius 1 is 1.10 bits per heavy atom. The normalized spacial score (nSPS) is 16.1. The Balaban J connectivity index is 1.39. The Bertz CT molecular complexity index is 1070. The molecule has 0 spiro atoms. The van der Waals surface area contributed by atoms with Gasteiger partial charge in [0.2, 0.25) is 0 Å². The zero-order chi connectivity index (χ0) is 22.0. The van der Waals surface area contributed by atoms with Gasteiger partial charge in [0.15, 0.2) is 0 Å². The SMILES string of the molecule is Cn1nncc1-c1cc2cc(CC(=O)C3CCN(CCC(F)(F)F)CC3)ncc2cn1. The number of fused-ring (bicyclic) bond motifs is 1. The molecule has 31 heavy (non-hydrogen) atoms. The van der Waals surface area contributed by atoms with Crippen LogP contribution in [0.4, 0.5) is 13.2 Å². The molecule has 0 atom stereocenters. The summed E-state index contributed by atoms with van der Waals surface area (Å²) in [6.45, 7) is 1.04. The highest BCUT2D eigenvalue weighted by Crippen LogP contribution is 2.25. The van der Waals surface area contributed by atoms with Gasteiger partial charge in [-0.3, -0.25) is 14.8 Å². The number of hydrogen-bond donors (Lipinski definition) is 0. The molecule has 3 aromatic rings. The average Bonchev–Trinajstić information content (AvgIpc) is 3.17. The van der Waals surface area contributed by atoms with Crippen LogP contribution in [0, 0.1) is 5.92 Å². The van der Waals surface area contributed by atoms with E-state index < -0.39 is 12.6 Å². The quantitative estimate of drug-likeness (QED) is 0.595. The lowest BCUT2D eigenvalue weighted by molar-refractivity contribution is -0.139. The summed E-state index contributed by atoms with van der Waals surface area (Å²) in [6.07, 6.45) is 1.52. The van der Waals surface area contributed by atoms with Crippen LogP contribution in [-0.4, -0.2) is 61.5 Å². The van der Waals surface area contributed by atoms with Crippen molar-refractivity contribution in [2.24, 2.45) is 13.0 Å². The predicted octanol–water partition coefficient (Wildman–Crippen LogP) is 3.20. The summed E-state index contributed by atoms with van der Waals surface area (Å²) in [7, 11) is 1.79. The van der Waals surface area contributed by atoms with Gasteiger partial charge in [0.25, 0.3) is 0 Å².